The number of rotatable bonds is 6. The van der Waals surface area contributed by atoms with Crippen molar-refractivity contribution in [1.29, 1.82) is 0 Å². The van der Waals surface area contributed by atoms with Crippen molar-refractivity contribution in [3.63, 3.8) is 0 Å². The number of thiazole rings is 1. The molecule has 1 aromatic heterocycles. The average molecular weight is 200 g/mol. The molecule has 0 bridgehead atoms. The Labute approximate surface area is 83.0 Å². The first kappa shape index (κ1) is 10.6. The second-order valence-electron chi connectivity index (χ2n) is 3.09. The molecule has 0 saturated carbocycles. The molecule has 13 heavy (non-hydrogen) atoms. The van der Waals surface area contributed by atoms with E-state index in [-0.39, 0.29) is 0 Å². The van der Waals surface area contributed by atoms with E-state index in [1.807, 2.05) is 11.6 Å². The van der Waals surface area contributed by atoms with E-state index in [9.17, 15) is 0 Å². The Morgan fingerprint density at radius 1 is 1.54 bits per heavy atom. The highest BCUT2D eigenvalue weighted by Gasteiger charge is 2.01. The van der Waals surface area contributed by atoms with Gasteiger partial charge in [-0.3, -0.25) is 4.90 Å². The molecule has 0 saturated heterocycles. The van der Waals surface area contributed by atoms with Crippen LogP contribution in [0.3, 0.4) is 0 Å². The molecule has 3 nitrogen and oxygen atoms in total. The topological polar surface area (TPSA) is 36.4 Å². The van der Waals surface area contributed by atoms with E-state index in [1.54, 1.807) is 11.3 Å². The first-order valence-corrected chi connectivity index (χ1v) is 5.38. The highest BCUT2D eigenvalue weighted by atomic mass is 32.1. The highest BCUT2D eigenvalue weighted by molar-refractivity contribution is 7.09. The van der Waals surface area contributed by atoms with Gasteiger partial charge in [-0.1, -0.05) is 0 Å². The van der Waals surface area contributed by atoms with Gasteiger partial charge < -0.3 is 5.11 Å². The third-order valence-electron chi connectivity index (χ3n) is 1.84. The van der Waals surface area contributed by atoms with E-state index in [0.717, 1.165) is 30.9 Å². The van der Waals surface area contributed by atoms with Crippen LogP contribution in [-0.4, -0.2) is 35.2 Å². The average Bonchev–Trinajstić information content (AvgIpc) is 2.57. The van der Waals surface area contributed by atoms with Gasteiger partial charge in [0.15, 0.2) is 0 Å². The lowest BCUT2D eigenvalue weighted by molar-refractivity contribution is 0.261. The number of hydrogen-bond acceptors (Lipinski definition) is 4. The molecular weight excluding hydrogens is 184 g/mol. The maximum Gasteiger partial charge on any atom is 0.107 e. The summed E-state index contributed by atoms with van der Waals surface area (Å²) in [5, 5.41) is 11.8. The zero-order valence-electron chi connectivity index (χ0n) is 7.94. The van der Waals surface area contributed by atoms with E-state index in [0.29, 0.717) is 6.61 Å². The van der Waals surface area contributed by atoms with Crippen molar-refractivity contribution in [2.45, 2.75) is 19.4 Å². The molecule has 0 aromatic carbocycles. The standard InChI is InChI=1S/C9H16N2OS/c1-11(5-2-3-6-12)8-9-10-4-7-13-9/h4,7,12H,2-3,5-6,8H2,1H3. The summed E-state index contributed by atoms with van der Waals surface area (Å²) in [5.74, 6) is 0. The number of aliphatic hydroxyl groups excluding tert-OH is 1. The number of nitrogens with zero attached hydrogens (tertiary/aromatic N) is 2. The van der Waals surface area contributed by atoms with Crippen LogP contribution in [0.1, 0.15) is 17.8 Å². The largest absolute Gasteiger partial charge is 0.396 e. The van der Waals surface area contributed by atoms with E-state index in [4.69, 9.17) is 5.11 Å². The Bertz CT molecular complexity index is 213. The predicted molar refractivity (Wildman–Crippen MR) is 54.8 cm³/mol. The summed E-state index contributed by atoms with van der Waals surface area (Å²) < 4.78 is 0. The Morgan fingerprint density at radius 2 is 2.38 bits per heavy atom. The fourth-order valence-electron chi connectivity index (χ4n) is 1.13. The smallest absolute Gasteiger partial charge is 0.107 e. The van der Waals surface area contributed by atoms with Crippen molar-refractivity contribution in [2.75, 3.05) is 20.2 Å². The fraction of sp³-hybridized carbons (Fsp3) is 0.667. The number of hydrogen-bond donors (Lipinski definition) is 1. The molecule has 74 valence electrons. The summed E-state index contributed by atoms with van der Waals surface area (Å²) in [6, 6.07) is 0. The Balaban J connectivity index is 2.14. The van der Waals surface area contributed by atoms with Crippen LogP contribution >= 0.6 is 11.3 Å². The van der Waals surface area contributed by atoms with Crippen molar-refractivity contribution in [1.82, 2.24) is 9.88 Å². The molecule has 0 spiro atoms. The van der Waals surface area contributed by atoms with Gasteiger partial charge in [0.2, 0.25) is 0 Å². The number of aliphatic hydroxyl groups is 1. The first-order valence-electron chi connectivity index (χ1n) is 4.50. The van der Waals surface area contributed by atoms with E-state index in [1.165, 1.54) is 0 Å². The van der Waals surface area contributed by atoms with Crippen molar-refractivity contribution >= 4 is 11.3 Å². The molecule has 0 unspecified atom stereocenters. The maximum atomic E-state index is 8.61. The molecule has 0 aliphatic rings. The molecule has 0 amide bonds. The molecule has 0 atom stereocenters. The van der Waals surface area contributed by atoms with Gasteiger partial charge in [0.05, 0.1) is 6.54 Å². The third kappa shape index (κ3) is 4.36. The minimum Gasteiger partial charge on any atom is -0.396 e. The van der Waals surface area contributed by atoms with Gasteiger partial charge in [0.1, 0.15) is 5.01 Å². The lowest BCUT2D eigenvalue weighted by Crippen LogP contribution is -2.19. The minimum atomic E-state index is 0.297. The van der Waals surface area contributed by atoms with Crippen LogP contribution in [0.5, 0.6) is 0 Å². The van der Waals surface area contributed by atoms with Gasteiger partial charge >= 0.3 is 0 Å². The quantitative estimate of drug-likeness (QED) is 0.704. The molecular formula is C9H16N2OS. The first-order chi connectivity index (χ1) is 6.33. The van der Waals surface area contributed by atoms with Gasteiger partial charge in [-0.25, -0.2) is 4.98 Å². The van der Waals surface area contributed by atoms with E-state index < -0.39 is 0 Å². The summed E-state index contributed by atoms with van der Waals surface area (Å²) in [7, 11) is 2.08. The lowest BCUT2D eigenvalue weighted by atomic mass is 10.3. The van der Waals surface area contributed by atoms with Crippen molar-refractivity contribution in [3.8, 4) is 0 Å². The number of unbranched alkanes of at least 4 members (excludes halogenated alkanes) is 1. The Morgan fingerprint density at radius 3 is 3.00 bits per heavy atom. The second kappa shape index (κ2) is 6.07. The molecule has 1 rings (SSSR count). The van der Waals surface area contributed by atoms with Crippen LogP contribution in [0.2, 0.25) is 0 Å². The third-order valence-corrected chi connectivity index (χ3v) is 2.60. The summed E-state index contributed by atoms with van der Waals surface area (Å²) in [6.07, 6.45) is 3.78. The zero-order valence-corrected chi connectivity index (χ0v) is 8.76. The molecule has 1 heterocycles. The fourth-order valence-corrected chi connectivity index (χ4v) is 1.83. The summed E-state index contributed by atoms with van der Waals surface area (Å²) in [5.41, 5.74) is 0. The molecule has 1 N–H and O–H groups in total. The molecule has 0 fully saturated rings. The van der Waals surface area contributed by atoms with Crippen LogP contribution in [0.4, 0.5) is 0 Å². The summed E-state index contributed by atoms with van der Waals surface area (Å²) in [6.45, 7) is 2.24. The molecule has 0 radical (unpaired) electrons. The van der Waals surface area contributed by atoms with Crippen LogP contribution in [-0.2, 0) is 6.54 Å². The van der Waals surface area contributed by atoms with Gasteiger partial charge in [0.25, 0.3) is 0 Å². The Kier molecular flexibility index (Phi) is 4.97. The normalized spacial score (nSPS) is 11.0. The lowest BCUT2D eigenvalue weighted by Gasteiger charge is -2.13. The van der Waals surface area contributed by atoms with Crippen molar-refractivity contribution < 1.29 is 5.11 Å². The number of aromatic nitrogens is 1. The van der Waals surface area contributed by atoms with E-state index >= 15 is 0 Å². The molecule has 4 heteroatoms. The monoisotopic (exact) mass is 200 g/mol. The summed E-state index contributed by atoms with van der Waals surface area (Å²) in [4.78, 5) is 6.44. The predicted octanol–water partition coefficient (Wildman–Crippen LogP) is 1.35. The molecule has 1 aromatic rings. The maximum absolute atomic E-state index is 8.61. The van der Waals surface area contributed by atoms with Crippen LogP contribution in [0, 0.1) is 0 Å². The zero-order chi connectivity index (χ0) is 9.52. The Hall–Kier alpha value is -0.450. The molecule has 0 aliphatic heterocycles. The minimum absolute atomic E-state index is 0.297. The van der Waals surface area contributed by atoms with Gasteiger partial charge in [-0.05, 0) is 26.4 Å². The van der Waals surface area contributed by atoms with E-state index in [2.05, 4.69) is 16.9 Å². The van der Waals surface area contributed by atoms with Gasteiger partial charge in [-0.2, -0.15) is 0 Å². The van der Waals surface area contributed by atoms with Crippen molar-refractivity contribution in [2.24, 2.45) is 0 Å². The van der Waals surface area contributed by atoms with Crippen LogP contribution < -0.4 is 0 Å². The molecule has 0 aliphatic carbocycles. The highest BCUT2D eigenvalue weighted by Crippen LogP contribution is 2.07. The second-order valence-corrected chi connectivity index (χ2v) is 4.07. The van der Waals surface area contributed by atoms with Crippen LogP contribution in [0.25, 0.3) is 0 Å². The summed E-state index contributed by atoms with van der Waals surface area (Å²) >= 11 is 1.69. The SMILES string of the molecule is CN(CCCCO)Cc1nccs1. The van der Waals surface area contributed by atoms with Gasteiger partial charge in [0, 0.05) is 18.2 Å². The van der Waals surface area contributed by atoms with Crippen molar-refractivity contribution in [3.05, 3.63) is 16.6 Å². The van der Waals surface area contributed by atoms with Crippen LogP contribution in [0.15, 0.2) is 11.6 Å². The van der Waals surface area contributed by atoms with Gasteiger partial charge in [-0.15, -0.1) is 11.3 Å².